The van der Waals surface area contributed by atoms with Crippen LogP contribution in [0.4, 0.5) is 26.3 Å². The smallest absolute Gasteiger partial charge is 0.454 e. The van der Waals surface area contributed by atoms with Crippen molar-refractivity contribution in [2.24, 2.45) is 0 Å². The minimum Gasteiger partial charge on any atom is -0.512 e. The van der Waals surface area contributed by atoms with Gasteiger partial charge in [0.25, 0.3) is 11.6 Å². The van der Waals surface area contributed by atoms with Crippen molar-refractivity contribution in [1.82, 2.24) is 0 Å². The Morgan fingerprint density at radius 1 is 0.690 bits per heavy atom. The molecule has 0 saturated carbocycles. The largest absolute Gasteiger partial charge is 0.512 e. The van der Waals surface area contributed by atoms with Gasteiger partial charge >= 0.3 is 12.4 Å². The predicted octanol–water partition coefficient (Wildman–Crippen LogP) is 5.83. The first kappa shape index (κ1) is 31.8. The summed E-state index contributed by atoms with van der Waals surface area (Å²) in [5.41, 5.74) is 0. The minimum atomic E-state index is -4.88. The van der Waals surface area contributed by atoms with Crippen LogP contribution in [0.1, 0.15) is 39.5 Å². The first-order valence-corrected chi connectivity index (χ1v) is 7.94. The van der Waals surface area contributed by atoms with E-state index in [2.05, 4.69) is 24.3 Å². The van der Waals surface area contributed by atoms with Crippen LogP contribution >= 0.6 is 0 Å². The third-order valence-corrected chi connectivity index (χ3v) is 2.57. The molecule has 0 amide bonds. The number of aliphatic hydroxyl groups is 2. The van der Waals surface area contributed by atoms with Gasteiger partial charge in [0.1, 0.15) is 0 Å². The second kappa shape index (κ2) is 16.0. The summed E-state index contributed by atoms with van der Waals surface area (Å²) >= 11 is 0. The monoisotopic (exact) mass is 518 g/mol. The zero-order valence-electron chi connectivity index (χ0n) is 15.6. The molecule has 29 heavy (non-hydrogen) atoms. The molecular formula is C18H22F6O4Ru. The maximum atomic E-state index is 11.3. The SMILES string of the molecule is C/C(O)=C/C(=O)C(F)(F)F.C/C(O)=C/C(=O)C(F)(F)F.C1=C\CC/C=C\CC/1.[Ru]. The number of carbonyl (C=O) groups is 2. The van der Waals surface area contributed by atoms with E-state index in [9.17, 15) is 35.9 Å². The summed E-state index contributed by atoms with van der Waals surface area (Å²) in [6.07, 6.45) is 4.48. The Kier molecular flexibility index (Phi) is 17.5. The molecule has 0 spiro atoms. The van der Waals surface area contributed by atoms with Crippen LogP contribution < -0.4 is 0 Å². The molecule has 4 nitrogen and oxygen atoms in total. The quantitative estimate of drug-likeness (QED) is 0.159. The Bertz CT molecular complexity index is 543. The van der Waals surface area contributed by atoms with Crippen LogP contribution in [0.2, 0.25) is 0 Å². The van der Waals surface area contributed by atoms with Gasteiger partial charge in [-0.2, -0.15) is 26.3 Å². The number of carbonyl (C=O) groups excluding carboxylic acids is 2. The standard InChI is InChI=1S/C8H12.2C5H5F3O2.Ru/c1-2-4-6-8-7-5-3-1;2*1-3(9)2-4(10)5(6,7)8;/h1-2,7-8H,3-6H2;2*2,9H,1H3;/b2-1-,8-7-;2*3-2-;. The Balaban J connectivity index is -0.000000345. The number of hydrogen-bond acceptors (Lipinski definition) is 4. The van der Waals surface area contributed by atoms with Gasteiger partial charge in [-0.25, -0.2) is 0 Å². The van der Waals surface area contributed by atoms with Crippen LogP contribution in [0.5, 0.6) is 0 Å². The van der Waals surface area contributed by atoms with Gasteiger partial charge in [0.2, 0.25) is 0 Å². The van der Waals surface area contributed by atoms with Crippen LogP contribution in [0.3, 0.4) is 0 Å². The molecule has 11 heteroatoms. The van der Waals surface area contributed by atoms with E-state index in [1.54, 1.807) is 0 Å². The Morgan fingerprint density at radius 3 is 1.00 bits per heavy atom. The molecule has 1 aliphatic rings. The molecule has 0 fully saturated rings. The topological polar surface area (TPSA) is 74.6 Å². The normalized spacial score (nSPS) is 17.0. The van der Waals surface area contributed by atoms with Crippen molar-refractivity contribution < 1.29 is 65.6 Å². The van der Waals surface area contributed by atoms with Gasteiger partial charge in [-0.3, -0.25) is 9.59 Å². The number of hydrogen-bond donors (Lipinski definition) is 2. The average Bonchev–Trinajstić information content (AvgIpc) is 2.44. The van der Waals surface area contributed by atoms with Gasteiger partial charge < -0.3 is 10.2 Å². The Labute approximate surface area is 177 Å². The summed E-state index contributed by atoms with van der Waals surface area (Å²) in [4.78, 5) is 19.8. The zero-order chi connectivity index (χ0) is 22.4. The second-order valence-corrected chi connectivity index (χ2v) is 5.39. The number of halogens is 6. The van der Waals surface area contributed by atoms with E-state index >= 15 is 0 Å². The van der Waals surface area contributed by atoms with Crippen molar-refractivity contribution in [3.63, 3.8) is 0 Å². The number of allylic oxidation sites excluding steroid dienone is 8. The number of aliphatic hydroxyl groups excluding tert-OH is 2. The summed E-state index contributed by atoms with van der Waals surface area (Å²) in [5.74, 6) is -5.40. The fraction of sp³-hybridized carbons (Fsp3) is 0.444. The molecule has 0 unspecified atom stereocenters. The molecule has 0 heterocycles. The molecule has 1 aliphatic carbocycles. The summed E-state index contributed by atoms with van der Waals surface area (Å²) in [5, 5.41) is 16.5. The fourth-order valence-corrected chi connectivity index (χ4v) is 1.40. The van der Waals surface area contributed by atoms with Gasteiger partial charge in [-0.15, -0.1) is 0 Å². The van der Waals surface area contributed by atoms with Gasteiger partial charge in [-0.1, -0.05) is 24.3 Å². The first-order valence-electron chi connectivity index (χ1n) is 7.94. The van der Waals surface area contributed by atoms with Gasteiger partial charge in [-0.05, 0) is 39.5 Å². The van der Waals surface area contributed by atoms with E-state index < -0.39 is 35.4 Å². The van der Waals surface area contributed by atoms with Crippen LogP contribution in [0.15, 0.2) is 48.0 Å². The molecule has 0 aromatic rings. The van der Waals surface area contributed by atoms with Crippen molar-refractivity contribution in [3.8, 4) is 0 Å². The number of rotatable bonds is 2. The minimum absolute atomic E-state index is 0. The summed E-state index contributed by atoms with van der Waals surface area (Å²) in [6.45, 7) is 1.98. The van der Waals surface area contributed by atoms with Crippen LogP contribution in [0, 0.1) is 0 Å². The number of ketones is 2. The Hall–Kier alpha value is -1.90. The van der Waals surface area contributed by atoms with E-state index in [-0.39, 0.29) is 31.6 Å². The molecule has 1 rings (SSSR count). The van der Waals surface area contributed by atoms with E-state index in [0.29, 0.717) is 0 Å². The summed E-state index contributed by atoms with van der Waals surface area (Å²) < 4.78 is 67.8. The maximum Gasteiger partial charge on any atom is 0.454 e. The van der Waals surface area contributed by atoms with Crippen molar-refractivity contribution in [2.75, 3.05) is 0 Å². The molecule has 0 atom stereocenters. The third kappa shape index (κ3) is 22.3. The van der Waals surface area contributed by atoms with Gasteiger partial charge in [0.15, 0.2) is 0 Å². The summed E-state index contributed by atoms with van der Waals surface area (Å²) in [6, 6.07) is 0. The van der Waals surface area contributed by atoms with E-state index in [0.717, 1.165) is 13.8 Å². The van der Waals surface area contributed by atoms with Crippen LogP contribution in [-0.2, 0) is 29.1 Å². The molecule has 0 saturated heterocycles. The van der Waals surface area contributed by atoms with Gasteiger partial charge in [0.05, 0.1) is 11.5 Å². The molecule has 0 aromatic heterocycles. The summed E-state index contributed by atoms with van der Waals surface area (Å²) in [7, 11) is 0. The molecule has 2 N–H and O–H groups in total. The molecule has 0 aliphatic heterocycles. The van der Waals surface area contributed by atoms with Crippen molar-refractivity contribution in [1.29, 1.82) is 0 Å². The molecule has 0 bridgehead atoms. The van der Waals surface area contributed by atoms with Crippen LogP contribution in [0.25, 0.3) is 0 Å². The van der Waals surface area contributed by atoms with Crippen molar-refractivity contribution >= 4 is 11.6 Å². The van der Waals surface area contributed by atoms with E-state index in [4.69, 9.17) is 10.2 Å². The third-order valence-electron chi connectivity index (χ3n) is 2.57. The first-order chi connectivity index (χ1) is 12.7. The number of alkyl halides is 6. The molecule has 168 valence electrons. The fourth-order valence-electron chi connectivity index (χ4n) is 1.40. The molecule has 0 radical (unpaired) electrons. The zero-order valence-corrected chi connectivity index (χ0v) is 17.4. The van der Waals surface area contributed by atoms with Crippen molar-refractivity contribution in [3.05, 3.63) is 48.0 Å². The average molecular weight is 517 g/mol. The van der Waals surface area contributed by atoms with Crippen molar-refractivity contribution in [2.45, 2.75) is 51.9 Å². The van der Waals surface area contributed by atoms with E-state index in [1.165, 1.54) is 25.7 Å². The maximum absolute atomic E-state index is 11.3. The Morgan fingerprint density at radius 2 is 0.897 bits per heavy atom. The molecule has 0 aromatic carbocycles. The predicted molar refractivity (Wildman–Crippen MR) is 91.6 cm³/mol. The van der Waals surface area contributed by atoms with E-state index in [1.807, 2.05) is 0 Å². The second-order valence-electron chi connectivity index (χ2n) is 5.39. The molecular weight excluding hydrogens is 495 g/mol. The van der Waals surface area contributed by atoms with Gasteiger partial charge in [0, 0.05) is 31.6 Å². The van der Waals surface area contributed by atoms with Crippen LogP contribution in [-0.4, -0.2) is 34.1 Å².